The van der Waals surface area contributed by atoms with Gasteiger partial charge in [-0.2, -0.15) is 8.99 Å². The van der Waals surface area contributed by atoms with Crippen molar-refractivity contribution in [2.75, 3.05) is 31.1 Å². The Bertz CT molecular complexity index is 1320. The summed E-state index contributed by atoms with van der Waals surface area (Å²) < 4.78 is 29.0. The van der Waals surface area contributed by atoms with E-state index in [9.17, 15) is 8.42 Å². The van der Waals surface area contributed by atoms with Crippen molar-refractivity contribution in [3.8, 4) is 5.69 Å². The van der Waals surface area contributed by atoms with Crippen molar-refractivity contribution in [3.63, 3.8) is 0 Å². The van der Waals surface area contributed by atoms with Crippen LogP contribution in [0.4, 0.5) is 5.82 Å². The molecule has 2 aromatic heterocycles. The van der Waals surface area contributed by atoms with Gasteiger partial charge in [0.2, 0.25) is 10.0 Å². The minimum Gasteiger partial charge on any atom is -0.352 e. The number of aromatic nitrogens is 5. The Morgan fingerprint density at radius 3 is 2.29 bits per heavy atom. The van der Waals surface area contributed by atoms with Gasteiger partial charge in [-0.15, -0.1) is 5.10 Å². The van der Waals surface area contributed by atoms with Gasteiger partial charge in [0.05, 0.1) is 10.6 Å². The molecule has 3 heterocycles. The lowest BCUT2D eigenvalue weighted by molar-refractivity contribution is 0.384. The highest BCUT2D eigenvalue weighted by Crippen LogP contribution is 2.25. The topological polar surface area (TPSA) is 97.1 Å². The predicted molar refractivity (Wildman–Crippen MR) is 117 cm³/mol. The van der Waals surface area contributed by atoms with Gasteiger partial charge >= 0.3 is 0 Å². The van der Waals surface area contributed by atoms with Crippen LogP contribution in [-0.4, -0.2) is 63.9 Å². The number of benzene rings is 2. The summed E-state index contributed by atoms with van der Waals surface area (Å²) in [6.07, 6.45) is 1.48. The van der Waals surface area contributed by atoms with Crippen molar-refractivity contribution in [2.45, 2.75) is 4.90 Å². The van der Waals surface area contributed by atoms with Crippen LogP contribution >= 0.6 is 11.6 Å². The zero-order chi connectivity index (χ0) is 21.4. The number of piperazine rings is 1. The number of hydrogen-bond acceptors (Lipinski definition) is 7. The Labute approximate surface area is 183 Å². The second kappa shape index (κ2) is 7.88. The molecule has 1 aliphatic heterocycles. The van der Waals surface area contributed by atoms with E-state index in [4.69, 9.17) is 11.6 Å². The Kier molecular flexibility index (Phi) is 5.05. The number of fused-ring (bicyclic) bond motifs is 1. The van der Waals surface area contributed by atoms with Crippen LogP contribution in [0.15, 0.2) is 65.8 Å². The molecular formula is C20H18ClN7O2S. The van der Waals surface area contributed by atoms with Gasteiger partial charge in [0, 0.05) is 31.2 Å². The zero-order valence-corrected chi connectivity index (χ0v) is 17.9. The molecule has 1 aliphatic rings. The fourth-order valence-corrected chi connectivity index (χ4v) is 5.16. The van der Waals surface area contributed by atoms with E-state index in [1.165, 1.54) is 22.8 Å². The van der Waals surface area contributed by atoms with Gasteiger partial charge in [-0.3, -0.25) is 0 Å². The second-order valence-electron chi connectivity index (χ2n) is 7.05. The molecule has 0 saturated carbocycles. The minimum absolute atomic E-state index is 0.237. The van der Waals surface area contributed by atoms with Crippen LogP contribution in [-0.2, 0) is 10.0 Å². The van der Waals surface area contributed by atoms with E-state index in [1.807, 2.05) is 35.2 Å². The van der Waals surface area contributed by atoms with Crippen LogP contribution < -0.4 is 4.90 Å². The summed E-state index contributed by atoms with van der Waals surface area (Å²) in [5.41, 5.74) is 2.04. The number of sulfonamides is 1. The lowest BCUT2D eigenvalue weighted by Crippen LogP contribution is -2.49. The first-order valence-electron chi connectivity index (χ1n) is 9.66. The van der Waals surface area contributed by atoms with E-state index >= 15 is 0 Å². The highest BCUT2D eigenvalue weighted by Gasteiger charge is 2.30. The molecule has 31 heavy (non-hydrogen) atoms. The lowest BCUT2D eigenvalue weighted by atomic mass is 10.3. The molecule has 1 saturated heterocycles. The van der Waals surface area contributed by atoms with Gasteiger partial charge in [-0.1, -0.05) is 35.0 Å². The van der Waals surface area contributed by atoms with Gasteiger partial charge in [0.25, 0.3) is 0 Å². The maximum absolute atomic E-state index is 12.9. The second-order valence-corrected chi connectivity index (χ2v) is 9.43. The molecule has 0 spiro atoms. The van der Waals surface area contributed by atoms with Crippen LogP contribution in [0.1, 0.15) is 0 Å². The normalized spacial score (nSPS) is 15.5. The van der Waals surface area contributed by atoms with Gasteiger partial charge < -0.3 is 4.90 Å². The Morgan fingerprint density at radius 1 is 0.871 bits per heavy atom. The van der Waals surface area contributed by atoms with Crippen LogP contribution in [0.2, 0.25) is 5.02 Å². The smallest absolute Gasteiger partial charge is 0.243 e. The molecule has 0 amide bonds. The first-order chi connectivity index (χ1) is 15.0. The Hall–Kier alpha value is -3.08. The molecule has 1 fully saturated rings. The van der Waals surface area contributed by atoms with E-state index in [2.05, 4.69) is 20.3 Å². The quantitative estimate of drug-likeness (QED) is 0.466. The highest BCUT2D eigenvalue weighted by atomic mass is 35.5. The molecule has 5 rings (SSSR count). The molecule has 0 unspecified atom stereocenters. The summed E-state index contributed by atoms with van der Waals surface area (Å²) in [5.74, 6) is 0.649. The van der Waals surface area contributed by atoms with Crippen LogP contribution in [0.5, 0.6) is 0 Å². The summed E-state index contributed by atoms with van der Waals surface area (Å²) in [5, 5.41) is 9.04. The molecule has 158 valence electrons. The molecule has 0 N–H and O–H groups in total. The third kappa shape index (κ3) is 3.62. The number of halogens is 1. The summed E-state index contributed by atoms with van der Waals surface area (Å²) >= 11 is 5.88. The van der Waals surface area contributed by atoms with Crippen molar-refractivity contribution in [1.82, 2.24) is 29.3 Å². The molecule has 0 aliphatic carbocycles. The van der Waals surface area contributed by atoms with E-state index in [1.54, 1.807) is 16.8 Å². The largest absolute Gasteiger partial charge is 0.352 e. The average molecular weight is 456 g/mol. The maximum atomic E-state index is 12.9. The summed E-state index contributed by atoms with van der Waals surface area (Å²) in [4.78, 5) is 11.0. The number of nitrogens with zero attached hydrogens (tertiary/aromatic N) is 7. The average Bonchev–Trinajstić information content (AvgIpc) is 3.24. The van der Waals surface area contributed by atoms with Crippen molar-refractivity contribution in [2.24, 2.45) is 0 Å². The van der Waals surface area contributed by atoms with Crippen LogP contribution in [0.25, 0.3) is 16.9 Å². The first-order valence-corrected chi connectivity index (χ1v) is 11.5. The van der Waals surface area contributed by atoms with Gasteiger partial charge in [-0.05, 0) is 36.4 Å². The van der Waals surface area contributed by atoms with E-state index < -0.39 is 10.0 Å². The molecule has 4 aromatic rings. The van der Waals surface area contributed by atoms with Crippen molar-refractivity contribution in [1.29, 1.82) is 0 Å². The summed E-state index contributed by atoms with van der Waals surface area (Å²) in [6, 6.07) is 15.8. The fraction of sp³-hybridized carbons (Fsp3) is 0.200. The lowest BCUT2D eigenvalue weighted by Gasteiger charge is -2.34. The van der Waals surface area contributed by atoms with Gasteiger partial charge in [-0.25, -0.2) is 18.4 Å². The molecule has 0 atom stereocenters. The highest BCUT2D eigenvalue weighted by molar-refractivity contribution is 7.89. The van der Waals surface area contributed by atoms with Crippen molar-refractivity contribution >= 4 is 38.6 Å². The first kappa shape index (κ1) is 19.9. The summed E-state index contributed by atoms with van der Waals surface area (Å²) in [7, 11) is -3.58. The van der Waals surface area contributed by atoms with E-state index in [0.29, 0.717) is 48.2 Å². The van der Waals surface area contributed by atoms with Crippen LogP contribution in [0.3, 0.4) is 0 Å². The molecule has 11 heteroatoms. The van der Waals surface area contributed by atoms with Crippen LogP contribution in [0, 0.1) is 0 Å². The summed E-state index contributed by atoms with van der Waals surface area (Å²) in [6.45, 7) is 1.64. The maximum Gasteiger partial charge on any atom is 0.243 e. The number of anilines is 1. The SMILES string of the molecule is O=S(=O)(c1ccc(Cl)cc1)N1CCN(c2ncnc3c2nnn3-c2ccccc2)CC1. The molecular weight excluding hydrogens is 438 g/mol. The Balaban J connectivity index is 1.39. The van der Waals surface area contributed by atoms with Crippen molar-refractivity contribution in [3.05, 3.63) is 65.9 Å². The Morgan fingerprint density at radius 2 is 1.58 bits per heavy atom. The third-order valence-electron chi connectivity index (χ3n) is 5.21. The van der Waals surface area contributed by atoms with Crippen molar-refractivity contribution < 1.29 is 8.42 Å². The molecule has 9 nitrogen and oxygen atoms in total. The molecule has 0 bridgehead atoms. The third-order valence-corrected chi connectivity index (χ3v) is 7.37. The number of rotatable bonds is 4. The standard InChI is InChI=1S/C20H18ClN7O2S/c21-15-6-8-17(9-7-15)31(29,30)27-12-10-26(11-13-27)19-18-20(23-14-22-19)28(25-24-18)16-4-2-1-3-5-16/h1-9,14H,10-13H2. The fourth-order valence-electron chi connectivity index (χ4n) is 3.61. The van der Waals surface area contributed by atoms with Gasteiger partial charge in [0.1, 0.15) is 6.33 Å². The molecule has 2 aromatic carbocycles. The van der Waals surface area contributed by atoms with E-state index in [0.717, 1.165) is 5.69 Å². The predicted octanol–water partition coefficient (Wildman–Crippen LogP) is 2.37. The minimum atomic E-state index is -3.58. The monoisotopic (exact) mass is 455 g/mol. The molecule has 0 radical (unpaired) electrons. The number of hydrogen-bond donors (Lipinski definition) is 0. The van der Waals surface area contributed by atoms with Gasteiger partial charge in [0.15, 0.2) is 17.0 Å². The van der Waals surface area contributed by atoms with E-state index in [-0.39, 0.29) is 4.90 Å². The zero-order valence-electron chi connectivity index (χ0n) is 16.3. The number of para-hydroxylation sites is 1.